The van der Waals surface area contributed by atoms with Crippen LogP contribution >= 0.6 is 15.9 Å². The van der Waals surface area contributed by atoms with Crippen molar-refractivity contribution in [2.45, 2.75) is 32.8 Å². The minimum atomic E-state index is -0.755. The van der Waals surface area contributed by atoms with E-state index in [1.165, 1.54) is 0 Å². The first-order valence-electron chi connectivity index (χ1n) is 5.67. The molecule has 0 saturated heterocycles. The predicted octanol–water partition coefficient (Wildman–Crippen LogP) is 2.64. The van der Waals surface area contributed by atoms with Crippen molar-refractivity contribution in [3.8, 4) is 0 Å². The van der Waals surface area contributed by atoms with Crippen molar-refractivity contribution in [1.82, 2.24) is 4.98 Å². The Bertz CT molecular complexity index is 380. The Morgan fingerprint density at radius 1 is 1.59 bits per heavy atom. The molecule has 0 fully saturated rings. The van der Waals surface area contributed by atoms with Crippen LogP contribution in [0, 0.1) is 5.92 Å². The van der Waals surface area contributed by atoms with E-state index in [9.17, 15) is 5.11 Å². The van der Waals surface area contributed by atoms with E-state index in [4.69, 9.17) is 5.73 Å². The molecule has 1 heterocycles. The molecule has 1 rings (SSSR count). The van der Waals surface area contributed by atoms with E-state index in [-0.39, 0.29) is 0 Å². The van der Waals surface area contributed by atoms with Crippen LogP contribution in [-0.2, 0) is 0 Å². The Hall–Kier alpha value is -0.810. The second kappa shape index (κ2) is 5.69. The maximum absolute atomic E-state index is 10.2. The van der Waals surface area contributed by atoms with E-state index in [1.54, 1.807) is 12.3 Å². The minimum absolute atomic E-state index is 0.435. The van der Waals surface area contributed by atoms with Crippen LogP contribution in [0.2, 0.25) is 0 Å². The van der Waals surface area contributed by atoms with E-state index in [2.05, 4.69) is 40.1 Å². The van der Waals surface area contributed by atoms with Gasteiger partial charge in [-0.05, 0) is 41.3 Å². The van der Waals surface area contributed by atoms with Crippen molar-refractivity contribution in [2.24, 2.45) is 5.92 Å². The van der Waals surface area contributed by atoms with Crippen LogP contribution in [-0.4, -0.2) is 22.2 Å². The molecule has 0 spiro atoms. The number of halogens is 1. The van der Waals surface area contributed by atoms with Crippen LogP contribution in [0.4, 0.5) is 11.5 Å². The standard InChI is InChI=1S/C12H20BrN3O/c1-8(2)5-12(3,17)7-16-11-10(14)4-9(13)6-15-11/h4,6,8,17H,5,7,14H2,1-3H3,(H,15,16). The van der Waals surface area contributed by atoms with Gasteiger partial charge in [-0.2, -0.15) is 0 Å². The Kier molecular flexibility index (Phi) is 4.77. The van der Waals surface area contributed by atoms with Gasteiger partial charge in [0, 0.05) is 17.2 Å². The van der Waals surface area contributed by atoms with Crippen molar-refractivity contribution in [3.05, 3.63) is 16.7 Å². The Balaban J connectivity index is 2.61. The fraction of sp³-hybridized carbons (Fsp3) is 0.583. The second-order valence-electron chi connectivity index (χ2n) is 5.04. The summed E-state index contributed by atoms with van der Waals surface area (Å²) in [4.78, 5) is 4.17. The van der Waals surface area contributed by atoms with Gasteiger partial charge in [0.05, 0.1) is 11.3 Å². The lowest BCUT2D eigenvalue weighted by atomic mass is 9.94. The highest BCUT2D eigenvalue weighted by atomic mass is 79.9. The summed E-state index contributed by atoms with van der Waals surface area (Å²) in [5, 5.41) is 13.2. The van der Waals surface area contributed by atoms with Crippen molar-refractivity contribution >= 4 is 27.4 Å². The van der Waals surface area contributed by atoms with Crippen molar-refractivity contribution < 1.29 is 5.11 Å². The molecule has 4 N–H and O–H groups in total. The normalized spacial score (nSPS) is 14.7. The summed E-state index contributed by atoms with van der Waals surface area (Å²) in [5.74, 6) is 1.05. The largest absolute Gasteiger partial charge is 0.396 e. The molecule has 0 radical (unpaired) electrons. The van der Waals surface area contributed by atoms with E-state index >= 15 is 0 Å². The molecule has 1 aromatic rings. The highest BCUT2D eigenvalue weighted by Gasteiger charge is 2.21. The zero-order valence-electron chi connectivity index (χ0n) is 10.5. The monoisotopic (exact) mass is 301 g/mol. The molecule has 1 unspecified atom stereocenters. The van der Waals surface area contributed by atoms with Crippen LogP contribution in [0.15, 0.2) is 16.7 Å². The molecule has 0 saturated carbocycles. The summed E-state index contributed by atoms with van der Waals surface area (Å²) < 4.78 is 0.842. The lowest BCUT2D eigenvalue weighted by molar-refractivity contribution is 0.0515. The van der Waals surface area contributed by atoms with Gasteiger partial charge in [-0.3, -0.25) is 0 Å². The second-order valence-corrected chi connectivity index (χ2v) is 5.96. The molecule has 17 heavy (non-hydrogen) atoms. The van der Waals surface area contributed by atoms with Gasteiger partial charge in [0.1, 0.15) is 5.82 Å². The average molecular weight is 302 g/mol. The molecule has 0 amide bonds. The third-order valence-corrected chi connectivity index (χ3v) is 2.80. The first-order chi connectivity index (χ1) is 7.80. The van der Waals surface area contributed by atoms with E-state index in [0.717, 1.165) is 10.9 Å². The van der Waals surface area contributed by atoms with Crippen LogP contribution in [0.1, 0.15) is 27.2 Å². The number of rotatable bonds is 5. The van der Waals surface area contributed by atoms with Crippen molar-refractivity contribution in [2.75, 3.05) is 17.6 Å². The maximum Gasteiger partial charge on any atom is 0.149 e. The molecule has 0 aromatic carbocycles. The number of nitrogens with two attached hydrogens (primary N) is 1. The Morgan fingerprint density at radius 3 is 2.76 bits per heavy atom. The zero-order valence-corrected chi connectivity index (χ0v) is 12.1. The Morgan fingerprint density at radius 2 is 2.24 bits per heavy atom. The third kappa shape index (κ3) is 4.91. The number of nitrogens with one attached hydrogen (secondary N) is 1. The molecule has 4 nitrogen and oxygen atoms in total. The number of pyridine rings is 1. The summed E-state index contributed by atoms with van der Waals surface area (Å²) >= 11 is 3.30. The first-order valence-corrected chi connectivity index (χ1v) is 6.47. The molecular weight excluding hydrogens is 282 g/mol. The van der Waals surface area contributed by atoms with Crippen molar-refractivity contribution in [3.63, 3.8) is 0 Å². The van der Waals surface area contributed by atoms with Gasteiger partial charge in [0.2, 0.25) is 0 Å². The minimum Gasteiger partial charge on any atom is -0.396 e. The van der Waals surface area contributed by atoms with Gasteiger partial charge < -0.3 is 16.2 Å². The van der Waals surface area contributed by atoms with Gasteiger partial charge in [0.15, 0.2) is 0 Å². The fourth-order valence-corrected chi connectivity index (χ4v) is 2.18. The predicted molar refractivity (Wildman–Crippen MR) is 74.9 cm³/mol. The van der Waals surface area contributed by atoms with E-state index < -0.39 is 5.60 Å². The van der Waals surface area contributed by atoms with Gasteiger partial charge in [-0.25, -0.2) is 4.98 Å². The highest BCUT2D eigenvalue weighted by Crippen LogP contribution is 2.22. The number of nitrogens with zero attached hydrogens (tertiary/aromatic N) is 1. The molecule has 1 atom stereocenters. The molecule has 0 bridgehead atoms. The average Bonchev–Trinajstić information content (AvgIpc) is 2.14. The van der Waals surface area contributed by atoms with Crippen molar-refractivity contribution in [1.29, 1.82) is 0 Å². The summed E-state index contributed by atoms with van der Waals surface area (Å²) in [5.41, 5.74) is 5.63. The van der Waals surface area contributed by atoms with Crippen LogP contribution in [0.3, 0.4) is 0 Å². The number of hydrogen-bond acceptors (Lipinski definition) is 4. The third-order valence-electron chi connectivity index (χ3n) is 2.37. The quantitative estimate of drug-likeness (QED) is 0.782. The zero-order chi connectivity index (χ0) is 13.1. The summed E-state index contributed by atoms with van der Waals surface area (Å²) in [6.45, 7) is 6.42. The van der Waals surface area contributed by atoms with Gasteiger partial charge in [0.25, 0.3) is 0 Å². The van der Waals surface area contributed by atoms with Gasteiger partial charge >= 0.3 is 0 Å². The number of aliphatic hydroxyl groups is 1. The molecule has 96 valence electrons. The SMILES string of the molecule is CC(C)CC(C)(O)CNc1ncc(Br)cc1N. The smallest absolute Gasteiger partial charge is 0.149 e. The molecule has 0 aliphatic carbocycles. The van der Waals surface area contributed by atoms with Crippen LogP contribution in [0.5, 0.6) is 0 Å². The molecule has 1 aromatic heterocycles. The lowest BCUT2D eigenvalue weighted by Crippen LogP contribution is -2.35. The number of aromatic nitrogens is 1. The molecule has 0 aliphatic heterocycles. The van der Waals surface area contributed by atoms with E-state index in [1.807, 2.05) is 6.92 Å². The number of hydrogen-bond donors (Lipinski definition) is 3. The topological polar surface area (TPSA) is 71.2 Å². The lowest BCUT2D eigenvalue weighted by Gasteiger charge is -2.26. The van der Waals surface area contributed by atoms with Gasteiger partial charge in [-0.15, -0.1) is 0 Å². The van der Waals surface area contributed by atoms with Gasteiger partial charge in [-0.1, -0.05) is 13.8 Å². The fourth-order valence-electron chi connectivity index (χ4n) is 1.83. The van der Waals surface area contributed by atoms with E-state index in [0.29, 0.717) is 24.0 Å². The summed E-state index contributed by atoms with van der Waals surface area (Å²) in [6.07, 6.45) is 2.41. The van der Waals surface area contributed by atoms with Crippen LogP contribution in [0.25, 0.3) is 0 Å². The van der Waals surface area contributed by atoms with Crippen LogP contribution < -0.4 is 11.1 Å². The first kappa shape index (κ1) is 14.3. The molecule has 0 aliphatic rings. The molecular formula is C12H20BrN3O. The number of anilines is 2. The molecule has 5 heteroatoms. The number of nitrogen functional groups attached to an aromatic ring is 1. The summed E-state index contributed by atoms with van der Waals surface area (Å²) in [6, 6.07) is 1.78. The highest BCUT2D eigenvalue weighted by molar-refractivity contribution is 9.10. The Labute approximate surface area is 111 Å². The maximum atomic E-state index is 10.2. The summed E-state index contributed by atoms with van der Waals surface area (Å²) in [7, 11) is 0.